The van der Waals surface area contributed by atoms with E-state index in [4.69, 9.17) is 16.3 Å². The maximum atomic E-state index is 12.5. The predicted octanol–water partition coefficient (Wildman–Crippen LogP) is 3.56. The first-order chi connectivity index (χ1) is 11.1. The number of ether oxygens (including phenoxy) is 1. The summed E-state index contributed by atoms with van der Waals surface area (Å²) >= 11 is 5.98. The van der Waals surface area contributed by atoms with Gasteiger partial charge in [0.15, 0.2) is 0 Å². The van der Waals surface area contributed by atoms with Gasteiger partial charge >= 0.3 is 0 Å². The number of carbonyl (C=O) groups is 1. The molecule has 0 radical (unpaired) electrons. The number of anilines is 1. The Morgan fingerprint density at radius 3 is 2.91 bits per heavy atom. The van der Waals surface area contributed by atoms with E-state index in [2.05, 4.69) is 5.32 Å². The SMILES string of the molecule is Cc1ccc(CO)cc1NC(=O)C1=Cc2cc(Cl)ccc2OC1. The molecule has 2 aromatic carbocycles. The minimum absolute atomic E-state index is 0.0686. The maximum absolute atomic E-state index is 12.5. The lowest BCUT2D eigenvalue weighted by Gasteiger charge is -2.18. The first-order valence-electron chi connectivity index (χ1n) is 7.21. The standard InChI is InChI=1S/C18H16ClNO3/c1-11-2-3-12(9-21)6-16(11)20-18(22)14-7-13-8-15(19)4-5-17(13)23-10-14/h2-8,21H,9-10H2,1H3,(H,20,22). The number of aryl methyl sites for hydroxylation is 1. The molecule has 0 aliphatic carbocycles. The number of hydrogen-bond acceptors (Lipinski definition) is 3. The van der Waals surface area contributed by atoms with Crippen molar-refractivity contribution in [2.75, 3.05) is 11.9 Å². The molecule has 1 aliphatic heterocycles. The van der Waals surface area contributed by atoms with Crippen LogP contribution in [-0.4, -0.2) is 17.6 Å². The first kappa shape index (κ1) is 15.6. The molecule has 118 valence electrons. The highest BCUT2D eigenvalue weighted by molar-refractivity contribution is 6.30. The van der Waals surface area contributed by atoms with Gasteiger partial charge in [-0.3, -0.25) is 4.79 Å². The molecule has 0 fully saturated rings. The van der Waals surface area contributed by atoms with Gasteiger partial charge in [-0.25, -0.2) is 0 Å². The summed E-state index contributed by atoms with van der Waals surface area (Å²) in [6.07, 6.45) is 1.78. The number of aliphatic hydroxyl groups excluding tert-OH is 1. The highest BCUT2D eigenvalue weighted by Gasteiger charge is 2.18. The van der Waals surface area contributed by atoms with Crippen LogP contribution in [-0.2, 0) is 11.4 Å². The summed E-state index contributed by atoms with van der Waals surface area (Å²) in [7, 11) is 0. The van der Waals surface area contributed by atoms with Crippen molar-refractivity contribution in [1.29, 1.82) is 0 Å². The van der Waals surface area contributed by atoms with Crippen LogP contribution in [0.2, 0.25) is 5.02 Å². The molecule has 2 aromatic rings. The van der Waals surface area contributed by atoms with E-state index in [1.54, 1.807) is 30.3 Å². The topological polar surface area (TPSA) is 58.6 Å². The van der Waals surface area contributed by atoms with E-state index >= 15 is 0 Å². The Morgan fingerprint density at radius 1 is 1.30 bits per heavy atom. The van der Waals surface area contributed by atoms with Gasteiger partial charge in [-0.2, -0.15) is 0 Å². The number of fused-ring (bicyclic) bond motifs is 1. The van der Waals surface area contributed by atoms with Crippen LogP contribution in [0, 0.1) is 6.92 Å². The molecule has 1 amide bonds. The fourth-order valence-corrected chi connectivity index (χ4v) is 2.56. The Balaban J connectivity index is 1.84. The van der Waals surface area contributed by atoms with E-state index in [0.29, 0.717) is 22.0 Å². The summed E-state index contributed by atoms with van der Waals surface area (Å²) in [5.41, 5.74) is 3.66. The molecule has 0 saturated carbocycles. The number of halogens is 1. The Kier molecular flexibility index (Phi) is 4.37. The monoisotopic (exact) mass is 329 g/mol. The Bertz CT molecular complexity index is 799. The number of benzene rings is 2. The van der Waals surface area contributed by atoms with Crippen LogP contribution >= 0.6 is 11.6 Å². The third kappa shape index (κ3) is 3.38. The molecular weight excluding hydrogens is 314 g/mol. The van der Waals surface area contributed by atoms with Crippen LogP contribution in [0.15, 0.2) is 42.0 Å². The average Bonchev–Trinajstić information content (AvgIpc) is 2.56. The van der Waals surface area contributed by atoms with Gasteiger partial charge < -0.3 is 15.2 Å². The molecule has 2 N–H and O–H groups in total. The molecule has 3 rings (SSSR count). The zero-order chi connectivity index (χ0) is 16.4. The van der Waals surface area contributed by atoms with Crippen molar-refractivity contribution < 1.29 is 14.6 Å². The van der Waals surface area contributed by atoms with Gasteiger partial charge in [0, 0.05) is 16.3 Å². The predicted molar refractivity (Wildman–Crippen MR) is 90.7 cm³/mol. The quantitative estimate of drug-likeness (QED) is 0.905. The minimum atomic E-state index is -0.228. The normalized spacial score (nSPS) is 12.9. The third-order valence-corrected chi connectivity index (χ3v) is 3.94. The lowest BCUT2D eigenvalue weighted by atomic mass is 10.1. The van der Waals surface area contributed by atoms with Crippen molar-refractivity contribution in [1.82, 2.24) is 0 Å². The van der Waals surface area contributed by atoms with Crippen molar-refractivity contribution >= 4 is 29.3 Å². The van der Waals surface area contributed by atoms with Gasteiger partial charge in [0.1, 0.15) is 12.4 Å². The first-order valence-corrected chi connectivity index (χ1v) is 7.59. The van der Waals surface area contributed by atoms with Gasteiger partial charge in [-0.05, 0) is 48.4 Å². The van der Waals surface area contributed by atoms with Crippen LogP contribution in [0.4, 0.5) is 5.69 Å². The molecule has 4 nitrogen and oxygen atoms in total. The molecule has 0 spiro atoms. The summed E-state index contributed by atoms with van der Waals surface area (Å²) < 4.78 is 5.60. The Hall–Kier alpha value is -2.30. The second kappa shape index (κ2) is 6.44. The highest BCUT2D eigenvalue weighted by atomic mass is 35.5. The van der Waals surface area contributed by atoms with Crippen LogP contribution in [0.5, 0.6) is 5.75 Å². The summed E-state index contributed by atoms with van der Waals surface area (Å²) in [4.78, 5) is 12.5. The fraction of sp³-hybridized carbons (Fsp3) is 0.167. The van der Waals surface area contributed by atoms with Crippen molar-refractivity contribution in [2.24, 2.45) is 0 Å². The van der Waals surface area contributed by atoms with Crippen molar-refractivity contribution in [3.05, 3.63) is 63.7 Å². The Morgan fingerprint density at radius 2 is 2.13 bits per heavy atom. The number of carbonyl (C=O) groups excluding carboxylic acids is 1. The van der Waals surface area contributed by atoms with Gasteiger partial charge in [0.05, 0.1) is 12.2 Å². The van der Waals surface area contributed by atoms with E-state index in [1.807, 2.05) is 19.1 Å². The molecule has 0 atom stereocenters. The van der Waals surface area contributed by atoms with E-state index < -0.39 is 0 Å². The number of rotatable bonds is 3. The van der Waals surface area contributed by atoms with Crippen LogP contribution in [0.3, 0.4) is 0 Å². The average molecular weight is 330 g/mol. The van der Waals surface area contributed by atoms with E-state index in [0.717, 1.165) is 16.7 Å². The molecule has 5 heteroatoms. The van der Waals surface area contributed by atoms with Crippen molar-refractivity contribution in [2.45, 2.75) is 13.5 Å². The van der Waals surface area contributed by atoms with Crippen LogP contribution in [0.25, 0.3) is 6.08 Å². The molecule has 0 bridgehead atoms. The molecule has 0 saturated heterocycles. The van der Waals surface area contributed by atoms with Gasteiger partial charge in [-0.15, -0.1) is 0 Å². The molecule has 1 heterocycles. The lowest BCUT2D eigenvalue weighted by molar-refractivity contribution is -0.113. The molecule has 23 heavy (non-hydrogen) atoms. The second-order valence-electron chi connectivity index (χ2n) is 5.40. The molecule has 0 aromatic heterocycles. The second-order valence-corrected chi connectivity index (χ2v) is 5.84. The summed E-state index contributed by atoms with van der Waals surface area (Å²) in [6, 6.07) is 10.8. The fourth-order valence-electron chi connectivity index (χ4n) is 2.38. The number of amides is 1. The highest BCUT2D eigenvalue weighted by Crippen LogP contribution is 2.29. The van der Waals surface area contributed by atoms with Gasteiger partial charge in [0.25, 0.3) is 5.91 Å². The summed E-state index contributed by atoms with van der Waals surface area (Å²) in [6.45, 7) is 2.04. The third-order valence-electron chi connectivity index (χ3n) is 3.71. The number of aliphatic hydroxyl groups is 1. The van der Waals surface area contributed by atoms with E-state index in [9.17, 15) is 9.90 Å². The van der Waals surface area contributed by atoms with Gasteiger partial charge in [-0.1, -0.05) is 23.7 Å². The van der Waals surface area contributed by atoms with Crippen LogP contribution in [0.1, 0.15) is 16.7 Å². The number of hydrogen-bond donors (Lipinski definition) is 2. The molecular formula is C18H16ClNO3. The summed E-state index contributed by atoms with van der Waals surface area (Å²) in [5, 5.41) is 12.7. The van der Waals surface area contributed by atoms with E-state index in [1.165, 1.54) is 0 Å². The van der Waals surface area contributed by atoms with Crippen molar-refractivity contribution in [3.63, 3.8) is 0 Å². The largest absolute Gasteiger partial charge is 0.488 e. The zero-order valence-electron chi connectivity index (χ0n) is 12.6. The number of nitrogens with one attached hydrogen (secondary N) is 1. The minimum Gasteiger partial charge on any atom is -0.488 e. The zero-order valence-corrected chi connectivity index (χ0v) is 13.4. The molecule has 0 unspecified atom stereocenters. The Labute approximate surface area is 139 Å². The van der Waals surface area contributed by atoms with Crippen molar-refractivity contribution in [3.8, 4) is 5.75 Å². The molecule has 1 aliphatic rings. The van der Waals surface area contributed by atoms with Gasteiger partial charge in [0.2, 0.25) is 0 Å². The van der Waals surface area contributed by atoms with E-state index in [-0.39, 0.29) is 19.1 Å². The van der Waals surface area contributed by atoms with Crippen LogP contribution < -0.4 is 10.1 Å². The maximum Gasteiger partial charge on any atom is 0.255 e. The lowest BCUT2D eigenvalue weighted by Crippen LogP contribution is -2.21. The smallest absolute Gasteiger partial charge is 0.255 e. The summed E-state index contributed by atoms with van der Waals surface area (Å²) in [5.74, 6) is 0.484.